The number of phenolic OH excluding ortho intramolecular Hbond substituents is 2. The van der Waals surface area contributed by atoms with Crippen LogP contribution in [0, 0.1) is 6.92 Å². The zero-order valence-corrected chi connectivity index (χ0v) is 13.7. The molecular formula is C20H23NO2. The van der Waals surface area contributed by atoms with Crippen LogP contribution in [-0.2, 0) is 0 Å². The molecule has 0 radical (unpaired) electrons. The molecule has 0 aliphatic carbocycles. The Morgan fingerprint density at radius 2 is 1.87 bits per heavy atom. The van der Waals surface area contributed by atoms with Crippen LogP contribution in [0.15, 0.2) is 30.3 Å². The second-order valence-corrected chi connectivity index (χ2v) is 6.05. The molecule has 0 saturated heterocycles. The number of hydrogen-bond acceptors (Lipinski definition) is 2. The van der Waals surface area contributed by atoms with Crippen molar-refractivity contribution in [2.24, 2.45) is 0 Å². The van der Waals surface area contributed by atoms with Gasteiger partial charge in [-0.1, -0.05) is 50.1 Å². The molecule has 0 bridgehead atoms. The number of allylic oxidation sites excluding steroid dienone is 1. The van der Waals surface area contributed by atoms with Gasteiger partial charge in [-0.15, -0.1) is 0 Å². The average molecular weight is 309 g/mol. The van der Waals surface area contributed by atoms with Crippen LogP contribution in [0.3, 0.4) is 0 Å². The second-order valence-electron chi connectivity index (χ2n) is 6.05. The Balaban J connectivity index is 2.16. The SMILES string of the molecule is CCCCCC=Cc1c(C)c(O)c(O)c2c1[nH]c1ccccc12. The molecule has 0 atom stereocenters. The lowest BCUT2D eigenvalue weighted by atomic mass is 10.0. The fourth-order valence-electron chi connectivity index (χ4n) is 3.12. The van der Waals surface area contributed by atoms with Crippen LogP contribution < -0.4 is 0 Å². The number of fused-ring (bicyclic) bond motifs is 3. The highest BCUT2D eigenvalue weighted by molar-refractivity contribution is 6.14. The Morgan fingerprint density at radius 1 is 1.09 bits per heavy atom. The van der Waals surface area contributed by atoms with Gasteiger partial charge in [0.1, 0.15) is 0 Å². The van der Waals surface area contributed by atoms with Crippen LogP contribution in [0.25, 0.3) is 27.9 Å². The van der Waals surface area contributed by atoms with Gasteiger partial charge in [0.15, 0.2) is 11.5 Å². The van der Waals surface area contributed by atoms with Gasteiger partial charge >= 0.3 is 0 Å². The zero-order chi connectivity index (χ0) is 16.4. The van der Waals surface area contributed by atoms with E-state index in [0.29, 0.717) is 10.9 Å². The highest BCUT2D eigenvalue weighted by atomic mass is 16.3. The van der Waals surface area contributed by atoms with E-state index in [1.165, 1.54) is 19.3 Å². The van der Waals surface area contributed by atoms with Gasteiger partial charge in [-0.2, -0.15) is 0 Å². The second kappa shape index (κ2) is 6.37. The van der Waals surface area contributed by atoms with E-state index >= 15 is 0 Å². The van der Waals surface area contributed by atoms with Gasteiger partial charge in [0.05, 0.1) is 10.9 Å². The minimum Gasteiger partial charge on any atom is -0.504 e. The van der Waals surface area contributed by atoms with Crippen molar-refractivity contribution >= 4 is 27.9 Å². The van der Waals surface area contributed by atoms with Crippen LogP contribution in [0.1, 0.15) is 43.7 Å². The number of phenols is 2. The standard InChI is InChI=1S/C20H23NO2/c1-3-4-5-6-7-10-14-13(2)19(22)20(23)17-15-11-8-9-12-16(15)21-18(14)17/h7-12,21-23H,3-6H2,1-2H3. The molecule has 3 aromatic rings. The first-order valence-electron chi connectivity index (χ1n) is 8.26. The van der Waals surface area contributed by atoms with Gasteiger partial charge in [0.25, 0.3) is 0 Å². The summed E-state index contributed by atoms with van der Waals surface area (Å²) in [7, 11) is 0. The van der Waals surface area contributed by atoms with Gasteiger partial charge in [0.2, 0.25) is 0 Å². The Kier molecular flexibility index (Phi) is 4.28. The van der Waals surface area contributed by atoms with Crippen LogP contribution in [0.2, 0.25) is 0 Å². The number of H-pyrrole nitrogens is 1. The van der Waals surface area contributed by atoms with Crippen molar-refractivity contribution in [2.75, 3.05) is 0 Å². The number of aromatic nitrogens is 1. The van der Waals surface area contributed by atoms with E-state index < -0.39 is 0 Å². The van der Waals surface area contributed by atoms with E-state index in [9.17, 15) is 10.2 Å². The van der Waals surface area contributed by atoms with Gasteiger partial charge in [0, 0.05) is 22.0 Å². The average Bonchev–Trinajstić information content (AvgIpc) is 2.94. The molecule has 0 saturated carbocycles. The number of unbranched alkanes of at least 4 members (excludes halogenated alkanes) is 3. The van der Waals surface area contributed by atoms with Gasteiger partial charge in [-0.05, 0) is 25.8 Å². The highest BCUT2D eigenvalue weighted by Crippen LogP contribution is 2.43. The summed E-state index contributed by atoms with van der Waals surface area (Å²) in [4.78, 5) is 3.39. The minimum atomic E-state index is -0.0434. The molecule has 3 nitrogen and oxygen atoms in total. The first-order chi connectivity index (χ1) is 11.1. The predicted octanol–water partition coefficient (Wildman–Crippen LogP) is 5.63. The number of benzene rings is 2. The highest BCUT2D eigenvalue weighted by Gasteiger charge is 2.18. The lowest BCUT2D eigenvalue weighted by molar-refractivity contribution is 0.405. The molecule has 0 aliphatic rings. The zero-order valence-electron chi connectivity index (χ0n) is 13.7. The first-order valence-corrected chi connectivity index (χ1v) is 8.26. The molecule has 0 fully saturated rings. The van der Waals surface area contributed by atoms with Crippen LogP contribution in [0.4, 0.5) is 0 Å². The normalized spacial score (nSPS) is 11.9. The Hall–Kier alpha value is -2.42. The number of aromatic amines is 1. The van der Waals surface area contributed by atoms with Gasteiger partial charge < -0.3 is 15.2 Å². The van der Waals surface area contributed by atoms with Crippen LogP contribution in [0.5, 0.6) is 11.5 Å². The molecule has 23 heavy (non-hydrogen) atoms. The van der Waals surface area contributed by atoms with Crippen molar-refractivity contribution in [3.63, 3.8) is 0 Å². The van der Waals surface area contributed by atoms with Crippen molar-refractivity contribution < 1.29 is 10.2 Å². The number of para-hydroxylation sites is 1. The Morgan fingerprint density at radius 3 is 2.65 bits per heavy atom. The summed E-state index contributed by atoms with van der Waals surface area (Å²) in [5, 5.41) is 22.3. The van der Waals surface area contributed by atoms with E-state index in [0.717, 1.165) is 28.4 Å². The fourth-order valence-corrected chi connectivity index (χ4v) is 3.12. The maximum atomic E-state index is 10.4. The smallest absolute Gasteiger partial charge is 0.167 e. The van der Waals surface area contributed by atoms with Crippen molar-refractivity contribution in [1.29, 1.82) is 0 Å². The molecule has 1 heterocycles. The van der Waals surface area contributed by atoms with Crippen LogP contribution in [-0.4, -0.2) is 15.2 Å². The number of nitrogens with one attached hydrogen (secondary N) is 1. The molecule has 1 aromatic heterocycles. The summed E-state index contributed by atoms with van der Waals surface area (Å²) in [6.45, 7) is 4.03. The maximum absolute atomic E-state index is 10.4. The van der Waals surface area contributed by atoms with E-state index in [1.807, 2.05) is 31.2 Å². The molecule has 2 aromatic carbocycles. The van der Waals surface area contributed by atoms with Gasteiger partial charge in [-0.25, -0.2) is 0 Å². The topological polar surface area (TPSA) is 56.2 Å². The summed E-state index contributed by atoms with van der Waals surface area (Å²) >= 11 is 0. The Labute approximate surface area is 136 Å². The van der Waals surface area contributed by atoms with E-state index in [4.69, 9.17) is 0 Å². The van der Waals surface area contributed by atoms with E-state index in [-0.39, 0.29) is 11.5 Å². The first kappa shape index (κ1) is 15.5. The summed E-state index contributed by atoms with van der Waals surface area (Å²) < 4.78 is 0. The quantitative estimate of drug-likeness (QED) is 0.422. The number of hydrogen-bond donors (Lipinski definition) is 3. The van der Waals surface area contributed by atoms with Crippen molar-refractivity contribution in [2.45, 2.75) is 39.5 Å². The van der Waals surface area contributed by atoms with Crippen LogP contribution >= 0.6 is 0 Å². The lowest BCUT2D eigenvalue weighted by Crippen LogP contribution is -1.86. The largest absolute Gasteiger partial charge is 0.504 e. The Bertz CT molecular complexity index is 874. The molecule has 0 aliphatic heterocycles. The van der Waals surface area contributed by atoms with Crippen molar-refractivity contribution in [3.05, 3.63) is 41.5 Å². The summed E-state index contributed by atoms with van der Waals surface area (Å²) in [6, 6.07) is 7.83. The molecule has 3 rings (SSSR count). The summed E-state index contributed by atoms with van der Waals surface area (Å²) in [6.07, 6.45) is 8.84. The third-order valence-electron chi connectivity index (χ3n) is 4.45. The molecule has 3 N–H and O–H groups in total. The van der Waals surface area contributed by atoms with Crippen molar-refractivity contribution in [3.8, 4) is 11.5 Å². The van der Waals surface area contributed by atoms with E-state index in [1.54, 1.807) is 0 Å². The monoisotopic (exact) mass is 309 g/mol. The number of rotatable bonds is 5. The number of aromatic hydroxyl groups is 2. The molecule has 3 heteroatoms. The molecule has 0 unspecified atom stereocenters. The molecular weight excluding hydrogens is 286 g/mol. The maximum Gasteiger partial charge on any atom is 0.167 e. The van der Waals surface area contributed by atoms with Crippen molar-refractivity contribution in [1.82, 2.24) is 4.98 Å². The fraction of sp³-hybridized carbons (Fsp3) is 0.300. The van der Waals surface area contributed by atoms with E-state index in [2.05, 4.69) is 24.1 Å². The minimum absolute atomic E-state index is 0.0320. The molecule has 0 amide bonds. The molecule has 120 valence electrons. The molecule has 0 spiro atoms. The van der Waals surface area contributed by atoms with Gasteiger partial charge in [-0.3, -0.25) is 0 Å². The predicted molar refractivity (Wildman–Crippen MR) is 97.0 cm³/mol. The summed E-state index contributed by atoms with van der Waals surface area (Å²) in [5.41, 5.74) is 3.49. The summed E-state index contributed by atoms with van der Waals surface area (Å²) in [5.74, 6) is -0.0754. The third kappa shape index (κ3) is 2.67. The third-order valence-corrected chi connectivity index (χ3v) is 4.45. The lowest BCUT2D eigenvalue weighted by Gasteiger charge is -2.09.